The average molecular weight is 591 g/mol. The van der Waals surface area contributed by atoms with Crippen molar-refractivity contribution in [2.75, 3.05) is 6.54 Å². The van der Waals surface area contributed by atoms with Crippen LogP contribution in [0.3, 0.4) is 0 Å². The zero-order valence-electron chi connectivity index (χ0n) is 24.6. The largest absolute Gasteiger partial charge is 0.425 e. The minimum absolute atomic E-state index is 0.0894. The Morgan fingerprint density at radius 2 is 1.69 bits per heavy atom. The van der Waals surface area contributed by atoms with Crippen LogP contribution in [0.1, 0.15) is 96.0 Å². The topological polar surface area (TPSA) is 165 Å². The van der Waals surface area contributed by atoms with Crippen molar-refractivity contribution in [1.82, 2.24) is 5.32 Å². The van der Waals surface area contributed by atoms with Gasteiger partial charge in [0.2, 0.25) is 5.91 Å². The fourth-order valence-electron chi connectivity index (χ4n) is 5.24. The van der Waals surface area contributed by atoms with Crippen LogP contribution < -0.4 is 10.1 Å². The summed E-state index contributed by atoms with van der Waals surface area (Å²) in [5, 5.41) is 32.8. The maximum Gasteiger partial charge on any atom is 0.330 e. The number of hydrogen-bond donors (Lipinski definition) is 3. The molecule has 1 fully saturated rings. The third-order valence-electron chi connectivity index (χ3n) is 7.61. The third kappa shape index (κ3) is 14.0. The molecule has 1 saturated carbocycles. The van der Waals surface area contributed by atoms with Gasteiger partial charge in [0.05, 0.1) is 12.2 Å². The molecule has 11 nitrogen and oxygen atoms in total. The minimum atomic E-state index is -0.889. The van der Waals surface area contributed by atoms with Crippen LogP contribution in [0.2, 0.25) is 0 Å². The van der Waals surface area contributed by atoms with E-state index in [0.29, 0.717) is 50.5 Å². The molecule has 1 aromatic rings. The van der Waals surface area contributed by atoms with E-state index in [-0.39, 0.29) is 48.8 Å². The number of nitrogens with one attached hydrogen (secondary N) is 1. The number of nitrogens with zero attached hydrogens (tertiary/aromatic N) is 1. The number of aliphatic hydroxyl groups is 2. The lowest BCUT2D eigenvalue weighted by molar-refractivity contribution is -0.763. The van der Waals surface area contributed by atoms with Crippen molar-refractivity contribution in [1.29, 1.82) is 0 Å². The van der Waals surface area contributed by atoms with Crippen LogP contribution in [0, 0.1) is 22.0 Å². The standard InChI is InChI=1S/C31H46N2O9/c1-2-3-4-5-8-11-24(34)16-19-27-26(28(35)20-29(27)36)12-9-6-7-10-13-30(37)32-21-31(38)42-25-17-14-23(15-18-25)22-41-33(39)40/h6,9,14-15,17-18,26-29,35-36H,2-5,7-8,10-13,16,19-22H2,1H3,(H,32,37)/t26-,27-,28+,29-/m1/s1. The molecule has 0 unspecified atom stereocenters. The molecule has 234 valence electrons. The van der Waals surface area contributed by atoms with Gasteiger partial charge < -0.3 is 25.1 Å². The SMILES string of the molecule is CCCCCCCC(=O)CC[C@@H]1[C@@H](CC=CCCCC(=O)NCC(=O)Oc2ccc(CO[N+](=O)[O-])cc2)[C@@H](O)C[C@H]1O. The van der Waals surface area contributed by atoms with Gasteiger partial charge in [-0.05, 0) is 68.1 Å². The number of unbranched alkanes of at least 4 members (excludes halogenated alkanes) is 5. The van der Waals surface area contributed by atoms with Crippen LogP contribution >= 0.6 is 0 Å². The van der Waals surface area contributed by atoms with E-state index in [1.165, 1.54) is 37.1 Å². The smallest absolute Gasteiger partial charge is 0.330 e. The van der Waals surface area contributed by atoms with Crippen molar-refractivity contribution in [3.8, 4) is 5.75 Å². The number of hydrogen-bond acceptors (Lipinski definition) is 9. The average Bonchev–Trinajstić information content (AvgIpc) is 3.23. The third-order valence-corrected chi connectivity index (χ3v) is 7.61. The second-order valence-electron chi connectivity index (χ2n) is 10.9. The molecule has 1 aliphatic carbocycles. The molecule has 11 heteroatoms. The number of rotatable bonds is 21. The van der Waals surface area contributed by atoms with Crippen LogP contribution in [0.4, 0.5) is 0 Å². The Morgan fingerprint density at radius 1 is 0.976 bits per heavy atom. The van der Waals surface area contributed by atoms with Crippen molar-refractivity contribution in [2.45, 2.75) is 109 Å². The summed E-state index contributed by atoms with van der Waals surface area (Å²) in [4.78, 5) is 50.9. The van der Waals surface area contributed by atoms with Gasteiger partial charge in [0.15, 0.2) is 0 Å². The highest BCUT2D eigenvalue weighted by Crippen LogP contribution is 2.38. The highest BCUT2D eigenvalue weighted by Gasteiger charge is 2.40. The van der Waals surface area contributed by atoms with E-state index in [9.17, 15) is 34.7 Å². The monoisotopic (exact) mass is 590 g/mol. The van der Waals surface area contributed by atoms with Crippen LogP contribution in [-0.4, -0.2) is 51.7 Å². The summed E-state index contributed by atoms with van der Waals surface area (Å²) in [5.74, 6) is -0.628. The molecule has 0 aliphatic heterocycles. The van der Waals surface area contributed by atoms with Crippen molar-refractivity contribution in [2.24, 2.45) is 11.8 Å². The summed E-state index contributed by atoms with van der Waals surface area (Å²) in [7, 11) is 0. The maximum atomic E-state index is 12.3. The fourth-order valence-corrected chi connectivity index (χ4v) is 5.24. The van der Waals surface area contributed by atoms with Gasteiger partial charge in [-0.1, -0.05) is 56.9 Å². The van der Waals surface area contributed by atoms with Crippen molar-refractivity contribution >= 4 is 17.7 Å². The molecule has 4 atom stereocenters. The van der Waals surface area contributed by atoms with Crippen molar-refractivity contribution in [3.05, 3.63) is 52.1 Å². The van der Waals surface area contributed by atoms with Crippen LogP contribution in [0.15, 0.2) is 36.4 Å². The number of carbonyl (C=O) groups is 3. The van der Waals surface area contributed by atoms with Gasteiger partial charge >= 0.3 is 5.97 Å². The summed E-state index contributed by atoms with van der Waals surface area (Å²) in [5.41, 5.74) is 0.543. The van der Waals surface area contributed by atoms with E-state index in [2.05, 4.69) is 17.1 Å². The zero-order chi connectivity index (χ0) is 30.7. The number of carbonyl (C=O) groups excluding carboxylic acids is 3. The number of benzene rings is 1. The van der Waals surface area contributed by atoms with Crippen molar-refractivity contribution < 1.29 is 39.3 Å². The second kappa shape index (κ2) is 19.7. The van der Waals surface area contributed by atoms with Gasteiger partial charge in [0, 0.05) is 19.3 Å². The van der Waals surface area contributed by atoms with Gasteiger partial charge in [-0.3, -0.25) is 9.59 Å². The first-order chi connectivity index (χ1) is 20.2. The van der Waals surface area contributed by atoms with Gasteiger partial charge in [-0.25, -0.2) is 4.79 Å². The number of allylic oxidation sites excluding steroid dienone is 2. The summed E-state index contributed by atoms with van der Waals surface area (Å²) in [6, 6.07) is 6.03. The first kappa shape index (κ1) is 34.9. The van der Waals surface area contributed by atoms with E-state index in [4.69, 9.17) is 4.74 Å². The molecule has 0 aromatic heterocycles. The predicted octanol–water partition coefficient (Wildman–Crippen LogP) is 4.60. The summed E-state index contributed by atoms with van der Waals surface area (Å²) in [6.45, 7) is 1.67. The first-order valence-electron chi connectivity index (χ1n) is 15.1. The molecule has 42 heavy (non-hydrogen) atoms. The predicted molar refractivity (Wildman–Crippen MR) is 156 cm³/mol. The molecular weight excluding hydrogens is 544 g/mol. The number of amides is 1. The fraction of sp³-hybridized carbons (Fsp3) is 0.645. The van der Waals surface area contributed by atoms with Gasteiger partial charge in [0.25, 0.3) is 5.09 Å². The molecule has 1 amide bonds. The Bertz CT molecular complexity index is 1010. The quantitative estimate of drug-likeness (QED) is 0.0463. The number of ketones is 1. The van der Waals surface area contributed by atoms with Gasteiger partial charge in [0.1, 0.15) is 24.7 Å². The van der Waals surface area contributed by atoms with Gasteiger partial charge in [-0.2, -0.15) is 0 Å². The number of Topliss-reactive ketones (excluding diaryl/α,β-unsaturated/α-hetero) is 1. The lowest BCUT2D eigenvalue weighted by atomic mass is 9.86. The minimum Gasteiger partial charge on any atom is -0.425 e. The Morgan fingerprint density at radius 3 is 2.40 bits per heavy atom. The van der Waals surface area contributed by atoms with E-state index < -0.39 is 23.3 Å². The van der Waals surface area contributed by atoms with Crippen molar-refractivity contribution in [3.63, 3.8) is 0 Å². The van der Waals surface area contributed by atoms with Gasteiger partial charge in [-0.15, -0.1) is 10.1 Å². The summed E-state index contributed by atoms with van der Waals surface area (Å²) in [6.07, 6.45) is 12.3. The van der Waals surface area contributed by atoms with E-state index >= 15 is 0 Å². The molecule has 3 N–H and O–H groups in total. The zero-order valence-corrected chi connectivity index (χ0v) is 24.6. The molecule has 0 radical (unpaired) electrons. The number of aliphatic hydroxyl groups excluding tert-OH is 2. The number of ether oxygens (including phenoxy) is 1. The number of esters is 1. The Balaban J connectivity index is 1.61. The lowest BCUT2D eigenvalue weighted by Gasteiger charge is -2.22. The molecule has 0 spiro atoms. The Kier molecular flexibility index (Phi) is 16.4. The van der Waals surface area contributed by atoms with Crippen LogP contribution in [-0.2, 0) is 25.8 Å². The molecular formula is C31H46N2O9. The first-order valence-corrected chi connectivity index (χ1v) is 15.1. The Hall–Kier alpha value is -3.31. The molecule has 1 aromatic carbocycles. The highest BCUT2D eigenvalue weighted by atomic mass is 16.9. The summed E-state index contributed by atoms with van der Waals surface area (Å²) >= 11 is 0. The van der Waals surface area contributed by atoms with E-state index in [1.54, 1.807) is 0 Å². The highest BCUT2D eigenvalue weighted by molar-refractivity contribution is 5.82. The molecule has 0 heterocycles. The second-order valence-corrected chi connectivity index (χ2v) is 10.9. The van der Waals surface area contributed by atoms with E-state index in [1.807, 2.05) is 12.2 Å². The van der Waals surface area contributed by atoms with E-state index in [0.717, 1.165) is 19.3 Å². The Labute approximate surface area is 247 Å². The normalized spacial score (nSPS) is 20.0. The maximum absolute atomic E-state index is 12.3. The molecule has 0 saturated heterocycles. The van der Waals surface area contributed by atoms with Crippen LogP contribution in [0.5, 0.6) is 5.75 Å². The lowest BCUT2D eigenvalue weighted by Crippen LogP contribution is -2.31. The van der Waals surface area contributed by atoms with Crippen LogP contribution in [0.25, 0.3) is 0 Å². The molecule has 1 aliphatic rings. The molecule has 2 rings (SSSR count). The summed E-state index contributed by atoms with van der Waals surface area (Å²) < 4.78 is 5.14. The molecule has 0 bridgehead atoms.